The normalized spacial score (nSPS) is 13.3. The largest absolute Gasteiger partial charge is 0.310 e. The number of hydrogen-bond donors (Lipinski definition) is 1. The SMILES string of the molecule is O=C(CCS(=O)(=O)c1ccccc1)Nc1c2c(nn1-c1ccccc1)CCC2. The van der Waals surface area contributed by atoms with Crippen molar-refractivity contribution in [3.05, 3.63) is 71.9 Å². The molecule has 28 heavy (non-hydrogen) atoms. The van der Waals surface area contributed by atoms with Gasteiger partial charge in [-0.2, -0.15) is 5.10 Å². The lowest BCUT2D eigenvalue weighted by atomic mass is 10.2. The number of carbonyl (C=O) groups is 1. The Morgan fingerprint density at radius 2 is 1.68 bits per heavy atom. The summed E-state index contributed by atoms with van der Waals surface area (Å²) in [4.78, 5) is 12.8. The van der Waals surface area contributed by atoms with Gasteiger partial charge >= 0.3 is 0 Å². The van der Waals surface area contributed by atoms with Crippen molar-refractivity contribution in [3.63, 3.8) is 0 Å². The number of aryl methyl sites for hydroxylation is 1. The number of hydrogen-bond acceptors (Lipinski definition) is 4. The monoisotopic (exact) mass is 395 g/mol. The predicted octanol–water partition coefficient (Wildman–Crippen LogP) is 3.16. The van der Waals surface area contributed by atoms with Gasteiger partial charge in [0.05, 0.1) is 22.0 Å². The Kier molecular flexibility index (Phi) is 5.00. The third-order valence-electron chi connectivity index (χ3n) is 4.87. The van der Waals surface area contributed by atoms with Crippen LogP contribution in [0.3, 0.4) is 0 Å². The molecule has 0 fully saturated rings. The Morgan fingerprint density at radius 1 is 1.00 bits per heavy atom. The number of fused-ring (bicyclic) bond motifs is 1. The van der Waals surface area contributed by atoms with E-state index in [0.29, 0.717) is 5.82 Å². The third-order valence-corrected chi connectivity index (χ3v) is 6.60. The van der Waals surface area contributed by atoms with E-state index in [2.05, 4.69) is 10.4 Å². The molecule has 0 spiro atoms. The average molecular weight is 395 g/mol. The van der Waals surface area contributed by atoms with Gasteiger partial charge in [-0.3, -0.25) is 4.79 Å². The van der Waals surface area contributed by atoms with Crippen molar-refractivity contribution in [1.29, 1.82) is 0 Å². The number of nitrogens with one attached hydrogen (secondary N) is 1. The molecule has 1 heterocycles. The van der Waals surface area contributed by atoms with E-state index in [-0.39, 0.29) is 23.0 Å². The molecule has 1 aromatic heterocycles. The molecule has 0 unspecified atom stereocenters. The van der Waals surface area contributed by atoms with Gasteiger partial charge in [0.1, 0.15) is 5.82 Å². The topological polar surface area (TPSA) is 81.1 Å². The van der Waals surface area contributed by atoms with E-state index >= 15 is 0 Å². The van der Waals surface area contributed by atoms with Gasteiger partial charge in [-0.1, -0.05) is 36.4 Å². The molecule has 3 aromatic rings. The van der Waals surface area contributed by atoms with Crippen LogP contribution in [0.2, 0.25) is 0 Å². The number of para-hydroxylation sites is 1. The van der Waals surface area contributed by atoms with Crippen LogP contribution in [0.4, 0.5) is 5.82 Å². The lowest BCUT2D eigenvalue weighted by Crippen LogP contribution is -2.20. The summed E-state index contributed by atoms with van der Waals surface area (Å²) >= 11 is 0. The van der Waals surface area contributed by atoms with E-state index < -0.39 is 9.84 Å². The maximum absolute atomic E-state index is 12.6. The molecular formula is C21H21N3O3S. The van der Waals surface area contributed by atoms with Gasteiger partial charge in [-0.05, 0) is 43.5 Å². The molecule has 0 saturated heterocycles. The van der Waals surface area contributed by atoms with E-state index in [1.54, 1.807) is 35.0 Å². The molecule has 1 aliphatic rings. The summed E-state index contributed by atoms with van der Waals surface area (Å²) in [7, 11) is -3.49. The highest BCUT2D eigenvalue weighted by atomic mass is 32.2. The zero-order valence-corrected chi connectivity index (χ0v) is 16.2. The molecule has 2 aromatic carbocycles. The first-order chi connectivity index (χ1) is 13.5. The van der Waals surface area contributed by atoms with Gasteiger partial charge in [0, 0.05) is 12.0 Å². The summed E-state index contributed by atoms with van der Waals surface area (Å²) in [6.45, 7) is 0. The molecule has 144 valence electrons. The second kappa shape index (κ2) is 7.59. The minimum Gasteiger partial charge on any atom is -0.310 e. The van der Waals surface area contributed by atoms with Crippen molar-refractivity contribution < 1.29 is 13.2 Å². The molecule has 6 nitrogen and oxygen atoms in total. The summed E-state index contributed by atoms with van der Waals surface area (Å²) < 4.78 is 26.6. The minimum absolute atomic E-state index is 0.105. The van der Waals surface area contributed by atoms with E-state index in [9.17, 15) is 13.2 Å². The summed E-state index contributed by atoms with van der Waals surface area (Å²) in [5, 5.41) is 7.56. The van der Waals surface area contributed by atoms with Crippen LogP contribution in [-0.4, -0.2) is 29.9 Å². The number of nitrogens with zero attached hydrogens (tertiary/aromatic N) is 2. The summed E-state index contributed by atoms with van der Waals surface area (Å²) in [6.07, 6.45) is 2.66. The van der Waals surface area contributed by atoms with Crippen molar-refractivity contribution in [2.45, 2.75) is 30.6 Å². The molecule has 1 N–H and O–H groups in total. The molecule has 0 saturated carbocycles. The van der Waals surface area contributed by atoms with E-state index in [1.807, 2.05) is 30.3 Å². The lowest BCUT2D eigenvalue weighted by molar-refractivity contribution is -0.115. The van der Waals surface area contributed by atoms with Gasteiger partial charge in [0.25, 0.3) is 0 Å². The highest BCUT2D eigenvalue weighted by molar-refractivity contribution is 7.91. The van der Waals surface area contributed by atoms with Crippen LogP contribution in [0.5, 0.6) is 0 Å². The van der Waals surface area contributed by atoms with Crippen LogP contribution in [0.15, 0.2) is 65.6 Å². The average Bonchev–Trinajstić information content (AvgIpc) is 3.31. The van der Waals surface area contributed by atoms with Crippen LogP contribution < -0.4 is 5.32 Å². The number of carbonyl (C=O) groups excluding carboxylic acids is 1. The van der Waals surface area contributed by atoms with Gasteiger partial charge in [0.2, 0.25) is 5.91 Å². The van der Waals surface area contributed by atoms with Crippen molar-refractivity contribution in [1.82, 2.24) is 9.78 Å². The van der Waals surface area contributed by atoms with E-state index in [1.165, 1.54) is 0 Å². The highest BCUT2D eigenvalue weighted by Crippen LogP contribution is 2.31. The number of aromatic nitrogens is 2. The predicted molar refractivity (Wildman–Crippen MR) is 107 cm³/mol. The third kappa shape index (κ3) is 3.71. The Balaban J connectivity index is 1.52. The maximum Gasteiger partial charge on any atom is 0.226 e. The first-order valence-electron chi connectivity index (χ1n) is 9.28. The summed E-state index contributed by atoms with van der Waals surface area (Å²) in [5.41, 5.74) is 2.91. The Bertz CT molecular complexity index is 1090. The molecular weight excluding hydrogens is 374 g/mol. The van der Waals surface area contributed by atoms with Crippen LogP contribution in [0.1, 0.15) is 24.1 Å². The Hall–Kier alpha value is -2.93. The molecule has 0 aliphatic heterocycles. The number of rotatable bonds is 6. The molecule has 4 rings (SSSR count). The van der Waals surface area contributed by atoms with Gasteiger partial charge < -0.3 is 5.32 Å². The Morgan fingerprint density at radius 3 is 2.39 bits per heavy atom. The molecule has 0 radical (unpaired) electrons. The minimum atomic E-state index is -3.49. The van der Waals surface area contributed by atoms with Crippen LogP contribution in [0, 0.1) is 0 Å². The quantitative estimate of drug-likeness (QED) is 0.695. The fraction of sp³-hybridized carbons (Fsp3) is 0.238. The fourth-order valence-electron chi connectivity index (χ4n) is 3.44. The standard InChI is InChI=1S/C21H21N3O3S/c25-20(14-15-28(26,27)17-10-5-2-6-11-17)22-21-18-12-7-13-19(18)23-24(21)16-8-3-1-4-9-16/h1-6,8-11H,7,12-15H2,(H,22,25). The fourth-order valence-corrected chi connectivity index (χ4v) is 4.71. The second-order valence-electron chi connectivity index (χ2n) is 6.80. The maximum atomic E-state index is 12.6. The molecule has 0 bridgehead atoms. The smallest absolute Gasteiger partial charge is 0.226 e. The van der Waals surface area contributed by atoms with Crippen LogP contribution in [0.25, 0.3) is 5.69 Å². The second-order valence-corrected chi connectivity index (χ2v) is 8.91. The number of benzene rings is 2. The van der Waals surface area contributed by atoms with Gasteiger partial charge in [-0.15, -0.1) is 0 Å². The van der Waals surface area contributed by atoms with Crippen molar-refractivity contribution in [3.8, 4) is 5.69 Å². The summed E-state index contributed by atoms with van der Waals surface area (Å²) in [6, 6.07) is 17.8. The van der Waals surface area contributed by atoms with Crippen molar-refractivity contribution >= 4 is 21.6 Å². The zero-order valence-electron chi connectivity index (χ0n) is 15.3. The van der Waals surface area contributed by atoms with E-state index in [4.69, 9.17) is 0 Å². The number of sulfone groups is 1. The lowest BCUT2D eigenvalue weighted by Gasteiger charge is -2.11. The van der Waals surface area contributed by atoms with Crippen molar-refractivity contribution in [2.24, 2.45) is 0 Å². The summed E-state index contributed by atoms with van der Waals surface area (Å²) in [5.74, 6) is 0.0944. The van der Waals surface area contributed by atoms with Gasteiger partial charge in [-0.25, -0.2) is 13.1 Å². The molecule has 1 amide bonds. The zero-order chi connectivity index (χ0) is 19.6. The Labute approximate surface area is 164 Å². The van der Waals surface area contributed by atoms with Crippen LogP contribution in [-0.2, 0) is 27.5 Å². The first kappa shape index (κ1) is 18.4. The van der Waals surface area contributed by atoms with E-state index in [0.717, 1.165) is 36.2 Å². The van der Waals surface area contributed by atoms with Gasteiger partial charge in [0.15, 0.2) is 9.84 Å². The van der Waals surface area contributed by atoms with Crippen LogP contribution >= 0.6 is 0 Å². The molecule has 0 atom stereocenters. The first-order valence-corrected chi connectivity index (χ1v) is 10.9. The highest BCUT2D eigenvalue weighted by Gasteiger charge is 2.25. The number of amides is 1. The number of anilines is 1. The molecule has 7 heteroatoms. The van der Waals surface area contributed by atoms with Crippen molar-refractivity contribution in [2.75, 3.05) is 11.1 Å². The molecule has 1 aliphatic carbocycles.